The summed E-state index contributed by atoms with van der Waals surface area (Å²) in [6.07, 6.45) is 0. The van der Waals surface area contributed by atoms with Crippen LogP contribution in [0.3, 0.4) is 0 Å². The van der Waals surface area contributed by atoms with Gasteiger partial charge in [-0.15, -0.1) is 0 Å². The van der Waals surface area contributed by atoms with Crippen LogP contribution in [0.1, 0.15) is 24.2 Å². The minimum atomic E-state index is 0.451. The fourth-order valence-corrected chi connectivity index (χ4v) is 2.14. The molecular formula is C10H13N5O2. The van der Waals surface area contributed by atoms with Gasteiger partial charge in [-0.2, -0.15) is 10.0 Å². The van der Waals surface area contributed by atoms with Crippen LogP contribution >= 0.6 is 0 Å². The molecular weight excluding hydrogens is 222 g/mol. The second-order valence-corrected chi connectivity index (χ2v) is 4.03. The van der Waals surface area contributed by atoms with Crippen LogP contribution < -0.4 is 0 Å². The number of hydrogen-bond donors (Lipinski definition) is 1. The van der Waals surface area contributed by atoms with Crippen LogP contribution in [0.5, 0.6) is 0 Å². The van der Waals surface area contributed by atoms with E-state index < -0.39 is 0 Å². The maximum absolute atomic E-state index is 9.46. The molecule has 0 unspecified atom stereocenters. The van der Waals surface area contributed by atoms with Crippen LogP contribution in [0.25, 0.3) is 11.6 Å². The Morgan fingerprint density at radius 3 is 2.82 bits per heavy atom. The Labute approximate surface area is 97.6 Å². The molecule has 0 radical (unpaired) electrons. The lowest BCUT2D eigenvalue weighted by atomic mass is 10.4. The van der Waals surface area contributed by atoms with Gasteiger partial charge in [0.1, 0.15) is 0 Å². The average Bonchev–Trinajstić information content (AvgIpc) is 2.91. The highest BCUT2D eigenvalue weighted by atomic mass is 16.5. The van der Waals surface area contributed by atoms with Crippen molar-refractivity contribution in [2.75, 3.05) is 0 Å². The topological polar surface area (TPSA) is 80.2 Å². The molecule has 1 N–H and O–H groups in total. The summed E-state index contributed by atoms with van der Waals surface area (Å²) in [5.41, 5.74) is 1.90. The predicted octanol–water partition coefficient (Wildman–Crippen LogP) is 0.966. The van der Waals surface area contributed by atoms with Crippen LogP contribution in [-0.2, 0) is 19.6 Å². The van der Waals surface area contributed by atoms with Crippen molar-refractivity contribution in [2.45, 2.75) is 33.5 Å². The number of hydroxylamine groups is 2. The number of aromatic nitrogens is 4. The molecule has 0 spiro atoms. The monoisotopic (exact) mass is 235 g/mol. The molecule has 2 aromatic heterocycles. The van der Waals surface area contributed by atoms with Gasteiger partial charge in [-0.05, 0) is 6.92 Å². The van der Waals surface area contributed by atoms with Gasteiger partial charge in [0.15, 0.2) is 5.82 Å². The molecule has 3 rings (SSSR count). The Morgan fingerprint density at radius 1 is 1.35 bits per heavy atom. The molecule has 0 amide bonds. The van der Waals surface area contributed by atoms with Crippen LogP contribution in [0, 0.1) is 6.92 Å². The summed E-state index contributed by atoms with van der Waals surface area (Å²) < 4.78 is 6.98. The number of rotatable bonds is 2. The van der Waals surface area contributed by atoms with Crippen LogP contribution in [0.4, 0.5) is 0 Å². The molecule has 7 heteroatoms. The van der Waals surface area contributed by atoms with Gasteiger partial charge in [-0.25, -0.2) is 4.98 Å². The van der Waals surface area contributed by atoms with Crippen LogP contribution in [0.2, 0.25) is 0 Å². The van der Waals surface area contributed by atoms with Gasteiger partial charge >= 0.3 is 0 Å². The largest absolute Gasteiger partial charge is 0.339 e. The molecule has 0 atom stereocenters. The summed E-state index contributed by atoms with van der Waals surface area (Å²) >= 11 is 0. The molecule has 1 aliphatic rings. The van der Waals surface area contributed by atoms with E-state index in [1.807, 2.05) is 11.5 Å². The molecule has 0 aliphatic carbocycles. The molecule has 0 bridgehead atoms. The van der Waals surface area contributed by atoms with Crippen molar-refractivity contribution in [1.82, 2.24) is 24.8 Å². The summed E-state index contributed by atoms with van der Waals surface area (Å²) in [6, 6.07) is 0. The molecule has 0 saturated heterocycles. The summed E-state index contributed by atoms with van der Waals surface area (Å²) in [5, 5.41) is 14.6. The number of nitrogens with zero attached hydrogens (tertiary/aromatic N) is 5. The van der Waals surface area contributed by atoms with E-state index >= 15 is 0 Å². The van der Waals surface area contributed by atoms with E-state index in [2.05, 4.69) is 15.1 Å². The highest BCUT2D eigenvalue weighted by Gasteiger charge is 2.27. The number of hydrogen-bond acceptors (Lipinski definition) is 6. The summed E-state index contributed by atoms with van der Waals surface area (Å²) in [5.74, 6) is 1.74. The molecule has 3 heterocycles. The Hall–Kier alpha value is -1.73. The van der Waals surface area contributed by atoms with Gasteiger partial charge in [0.2, 0.25) is 11.7 Å². The molecule has 90 valence electrons. The lowest BCUT2D eigenvalue weighted by Gasteiger charge is -2.08. The third-order valence-electron chi connectivity index (χ3n) is 2.86. The van der Waals surface area contributed by atoms with Crippen molar-refractivity contribution < 1.29 is 9.73 Å². The smallest absolute Gasteiger partial charge is 0.238 e. The summed E-state index contributed by atoms with van der Waals surface area (Å²) in [6.45, 7) is 5.48. The Balaban J connectivity index is 2.10. The first-order chi connectivity index (χ1) is 8.19. The van der Waals surface area contributed by atoms with E-state index in [1.54, 1.807) is 6.92 Å². The van der Waals surface area contributed by atoms with Crippen molar-refractivity contribution in [3.8, 4) is 11.6 Å². The van der Waals surface area contributed by atoms with Crippen molar-refractivity contribution in [3.63, 3.8) is 0 Å². The average molecular weight is 235 g/mol. The molecule has 1 aliphatic heterocycles. The van der Waals surface area contributed by atoms with Crippen molar-refractivity contribution >= 4 is 0 Å². The second kappa shape index (κ2) is 3.64. The molecule has 7 nitrogen and oxygen atoms in total. The molecule has 0 fully saturated rings. The van der Waals surface area contributed by atoms with Crippen molar-refractivity contribution in [3.05, 3.63) is 17.3 Å². The Morgan fingerprint density at radius 2 is 2.18 bits per heavy atom. The maximum Gasteiger partial charge on any atom is 0.238 e. The third-order valence-corrected chi connectivity index (χ3v) is 2.86. The van der Waals surface area contributed by atoms with E-state index in [0.29, 0.717) is 30.6 Å². The zero-order valence-corrected chi connectivity index (χ0v) is 9.71. The van der Waals surface area contributed by atoms with Crippen LogP contribution in [-0.4, -0.2) is 30.0 Å². The summed E-state index contributed by atoms with van der Waals surface area (Å²) in [7, 11) is 0. The van der Waals surface area contributed by atoms with E-state index in [9.17, 15) is 5.21 Å². The highest BCUT2D eigenvalue weighted by Crippen LogP contribution is 2.26. The minimum absolute atomic E-state index is 0.451. The number of aryl methyl sites for hydroxylation is 1. The summed E-state index contributed by atoms with van der Waals surface area (Å²) in [4.78, 5) is 8.66. The standard InChI is InChI=1S/C10H13N5O2/c1-3-15-8-5-14(16)4-7(8)12-10(15)9-11-6(2)17-13-9/h16H,3-5H2,1-2H3. The fraction of sp³-hybridized carbons (Fsp3) is 0.500. The van der Waals surface area contributed by atoms with Gasteiger partial charge < -0.3 is 14.3 Å². The highest BCUT2D eigenvalue weighted by molar-refractivity contribution is 5.46. The van der Waals surface area contributed by atoms with Gasteiger partial charge in [0.25, 0.3) is 0 Å². The molecule has 17 heavy (non-hydrogen) atoms. The Bertz CT molecular complexity index is 559. The number of imidazole rings is 1. The van der Waals surface area contributed by atoms with E-state index in [-0.39, 0.29) is 0 Å². The minimum Gasteiger partial charge on any atom is -0.339 e. The van der Waals surface area contributed by atoms with Crippen LogP contribution in [0.15, 0.2) is 4.52 Å². The molecule has 0 aromatic carbocycles. The van der Waals surface area contributed by atoms with E-state index in [0.717, 1.165) is 17.9 Å². The first-order valence-corrected chi connectivity index (χ1v) is 5.51. The first-order valence-electron chi connectivity index (χ1n) is 5.51. The predicted molar refractivity (Wildman–Crippen MR) is 57.0 cm³/mol. The molecule has 0 saturated carbocycles. The van der Waals surface area contributed by atoms with Gasteiger partial charge in [-0.3, -0.25) is 0 Å². The maximum atomic E-state index is 9.46. The zero-order valence-electron chi connectivity index (χ0n) is 9.71. The van der Waals surface area contributed by atoms with Gasteiger partial charge in [0, 0.05) is 13.5 Å². The van der Waals surface area contributed by atoms with Gasteiger partial charge in [0.05, 0.1) is 24.5 Å². The molecule has 2 aromatic rings. The second-order valence-electron chi connectivity index (χ2n) is 4.03. The third kappa shape index (κ3) is 1.55. The Kier molecular flexibility index (Phi) is 2.23. The van der Waals surface area contributed by atoms with Gasteiger partial charge in [-0.1, -0.05) is 5.16 Å². The van der Waals surface area contributed by atoms with Crippen molar-refractivity contribution in [1.29, 1.82) is 0 Å². The quantitative estimate of drug-likeness (QED) is 0.835. The van der Waals surface area contributed by atoms with E-state index in [4.69, 9.17) is 4.52 Å². The zero-order chi connectivity index (χ0) is 12.0. The van der Waals surface area contributed by atoms with Crippen molar-refractivity contribution in [2.24, 2.45) is 0 Å². The SMILES string of the molecule is CCn1c(-c2noc(C)n2)nc2c1CN(O)C2. The fourth-order valence-electron chi connectivity index (χ4n) is 2.14. The van der Waals surface area contributed by atoms with E-state index in [1.165, 1.54) is 5.06 Å². The lowest BCUT2D eigenvalue weighted by molar-refractivity contribution is -0.0985. The normalized spacial score (nSPS) is 15.5. The first kappa shape index (κ1) is 10.4. The lowest BCUT2D eigenvalue weighted by Crippen LogP contribution is -2.13. The number of fused-ring (bicyclic) bond motifs is 1.